The maximum absolute atomic E-state index is 11.0. The van der Waals surface area contributed by atoms with Gasteiger partial charge in [-0.2, -0.15) is 0 Å². The van der Waals surface area contributed by atoms with E-state index in [0.29, 0.717) is 12.0 Å². The van der Waals surface area contributed by atoms with E-state index in [1.807, 2.05) is 6.92 Å². The standard InChI is InChI=1S/C8H10O3/c1-3-5-6(9)4-7(10)8(5)11-2/h3-4H2,1-2H3. The minimum atomic E-state index is -0.186. The first-order valence-corrected chi connectivity index (χ1v) is 3.54. The van der Waals surface area contributed by atoms with Gasteiger partial charge in [-0.15, -0.1) is 0 Å². The molecule has 0 saturated heterocycles. The molecule has 3 nitrogen and oxygen atoms in total. The molecule has 1 aliphatic carbocycles. The molecule has 1 aliphatic rings. The second kappa shape index (κ2) is 2.86. The van der Waals surface area contributed by atoms with Crippen molar-refractivity contribution in [2.24, 2.45) is 0 Å². The first-order valence-electron chi connectivity index (χ1n) is 3.54. The van der Waals surface area contributed by atoms with Crippen molar-refractivity contribution in [3.63, 3.8) is 0 Å². The largest absolute Gasteiger partial charge is 0.493 e. The Kier molecular flexibility index (Phi) is 2.08. The number of ether oxygens (including phenoxy) is 1. The van der Waals surface area contributed by atoms with Crippen LogP contribution >= 0.6 is 0 Å². The zero-order chi connectivity index (χ0) is 8.43. The van der Waals surface area contributed by atoms with Crippen LogP contribution in [-0.2, 0) is 14.3 Å². The van der Waals surface area contributed by atoms with Crippen molar-refractivity contribution in [3.05, 3.63) is 11.3 Å². The van der Waals surface area contributed by atoms with Gasteiger partial charge in [0.05, 0.1) is 13.5 Å². The lowest BCUT2D eigenvalue weighted by Gasteiger charge is -1.98. The lowest BCUT2D eigenvalue weighted by molar-refractivity contribution is -0.122. The molecule has 0 amide bonds. The summed E-state index contributed by atoms with van der Waals surface area (Å²) in [5.41, 5.74) is 0.539. The Bertz CT molecular complexity index is 214. The van der Waals surface area contributed by atoms with Crippen molar-refractivity contribution >= 4 is 11.6 Å². The van der Waals surface area contributed by atoms with Gasteiger partial charge in [0, 0.05) is 5.57 Å². The molecule has 0 unspecified atom stereocenters. The Morgan fingerprint density at radius 2 is 2.00 bits per heavy atom. The number of hydrogen-bond donors (Lipinski definition) is 0. The van der Waals surface area contributed by atoms with Crippen LogP contribution in [0.15, 0.2) is 11.3 Å². The van der Waals surface area contributed by atoms with Gasteiger partial charge in [0.1, 0.15) is 0 Å². The van der Waals surface area contributed by atoms with Crippen molar-refractivity contribution in [1.29, 1.82) is 0 Å². The molecule has 0 spiro atoms. The van der Waals surface area contributed by atoms with Crippen LogP contribution in [0.25, 0.3) is 0 Å². The molecule has 0 N–H and O–H groups in total. The van der Waals surface area contributed by atoms with Crippen molar-refractivity contribution < 1.29 is 14.3 Å². The van der Waals surface area contributed by atoms with Gasteiger partial charge in [0.25, 0.3) is 0 Å². The molecule has 1 rings (SSSR count). The third kappa shape index (κ3) is 1.18. The summed E-state index contributed by atoms with van der Waals surface area (Å²) in [6, 6.07) is 0. The van der Waals surface area contributed by atoms with Gasteiger partial charge in [-0.25, -0.2) is 0 Å². The fourth-order valence-electron chi connectivity index (χ4n) is 1.22. The second-order valence-electron chi connectivity index (χ2n) is 2.39. The molecule has 0 aromatic heterocycles. The van der Waals surface area contributed by atoms with Crippen LogP contribution in [0.3, 0.4) is 0 Å². The summed E-state index contributed by atoms with van der Waals surface area (Å²) in [5, 5.41) is 0. The summed E-state index contributed by atoms with van der Waals surface area (Å²) in [7, 11) is 1.42. The summed E-state index contributed by atoms with van der Waals surface area (Å²) in [4.78, 5) is 22.0. The number of Topliss-reactive ketones (excluding diaryl/α,β-unsaturated/α-hetero) is 2. The van der Waals surface area contributed by atoms with E-state index in [1.165, 1.54) is 7.11 Å². The highest BCUT2D eigenvalue weighted by Crippen LogP contribution is 2.22. The predicted molar refractivity (Wildman–Crippen MR) is 39.0 cm³/mol. The van der Waals surface area contributed by atoms with Gasteiger partial charge < -0.3 is 4.74 Å². The monoisotopic (exact) mass is 154 g/mol. The van der Waals surface area contributed by atoms with Crippen LogP contribution in [0.2, 0.25) is 0 Å². The molecule has 0 aromatic rings. The van der Waals surface area contributed by atoms with Crippen molar-refractivity contribution in [3.8, 4) is 0 Å². The lowest BCUT2D eigenvalue weighted by atomic mass is 10.2. The SMILES string of the molecule is CCC1=C(OC)C(=O)CC1=O. The molecule has 0 heterocycles. The van der Waals surface area contributed by atoms with Crippen LogP contribution in [0.1, 0.15) is 19.8 Å². The fraction of sp³-hybridized carbons (Fsp3) is 0.500. The number of rotatable bonds is 2. The predicted octanol–water partition coefficient (Wildman–Crippen LogP) is 0.839. The summed E-state index contributed by atoms with van der Waals surface area (Å²) < 4.78 is 4.81. The Hall–Kier alpha value is -1.12. The van der Waals surface area contributed by atoms with E-state index in [0.717, 1.165) is 0 Å². The topological polar surface area (TPSA) is 43.4 Å². The summed E-state index contributed by atoms with van der Waals surface area (Å²) in [5.74, 6) is -0.0128. The van der Waals surface area contributed by atoms with Crippen LogP contribution in [0, 0.1) is 0 Å². The van der Waals surface area contributed by atoms with E-state index in [9.17, 15) is 9.59 Å². The zero-order valence-electron chi connectivity index (χ0n) is 6.64. The van der Waals surface area contributed by atoms with E-state index >= 15 is 0 Å². The molecular formula is C8H10O3. The molecule has 0 saturated carbocycles. The van der Waals surface area contributed by atoms with Crippen molar-refractivity contribution in [2.45, 2.75) is 19.8 Å². The average molecular weight is 154 g/mol. The summed E-state index contributed by atoms with van der Waals surface area (Å²) in [6.45, 7) is 1.84. The van der Waals surface area contributed by atoms with E-state index < -0.39 is 0 Å². The maximum atomic E-state index is 11.0. The number of allylic oxidation sites excluding steroid dienone is 2. The smallest absolute Gasteiger partial charge is 0.205 e. The second-order valence-corrected chi connectivity index (χ2v) is 2.39. The van der Waals surface area contributed by atoms with Gasteiger partial charge in [-0.05, 0) is 6.42 Å². The molecule has 0 fully saturated rings. The number of methoxy groups -OCH3 is 1. The molecule has 3 heteroatoms. The van der Waals surface area contributed by atoms with Gasteiger partial charge >= 0.3 is 0 Å². The fourth-order valence-corrected chi connectivity index (χ4v) is 1.22. The van der Waals surface area contributed by atoms with Gasteiger partial charge in [-0.1, -0.05) is 6.92 Å². The summed E-state index contributed by atoms with van der Waals surface area (Å²) in [6.07, 6.45) is 0.570. The van der Waals surface area contributed by atoms with Crippen molar-refractivity contribution in [1.82, 2.24) is 0 Å². The highest BCUT2D eigenvalue weighted by Gasteiger charge is 2.29. The normalized spacial score (nSPS) is 18.0. The van der Waals surface area contributed by atoms with Gasteiger partial charge in [0.15, 0.2) is 11.5 Å². The van der Waals surface area contributed by atoms with E-state index in [4.69, 9.17) is 4.74 Å². The van der Waals surface area contributed by atoms with Crippen molar-refractivity contribution in [2.75, 3.05) is 7.11 Å². The Morgan fingerprint density at radius 1 is 1.36 bits per heavy atom. The zero-order valence-corrected chi connectivity index (χ0v) is 6.64. The molecule has 0 radical (unpaired) electrons. The Labute approximate surface area is 65.0 Å². The Morgan fingerprint density at radius 3 is 2.36 bits per heavy atom. The number of hydrogen-bond acceptors (Lipinski definition) is 3. The minimum Gasteiger partial charge on any atom is -0.493 e. The molecule has 0 aliphatic heterocycles. The lowest BCUT2D eigenvalue weighted by Crippen LogP contribution is -1.98. The first-order chi connectivity index (χ1) is 5.20. The van der Waals surface area contributed by atoms with Crippen LogP contribution in [0.4, 0.5) is 0 Å². The maximum Gasteiger partial charge on any atom is 0.205 e. The third-order valence-corrected chi connectivity index (χ3v) is 1.74. The highest BCUT2D eigenvalue weighted by molar-refractivity contribution is 6.21. The number of carbonyl (C=O) groups is 2. The van der Waals surface area contributed by atoms with E-state index in [-0.39, 0.29) is 23.7 Å². The first kappa shape index (κ1) is 7.98. The van der Waals surface area contributed by atoms with Gasteiger partial charge in [0.2, 0.25) is 5.78 Å². The summed E-state index contributed by atoms with van der Waals surface area (Å²) >= 11 is 0. The average Bonchev–Trinajstić information content (AvgIpc) is 2.24. The quantitative estimate of drug-likeness (QED) is 0.553. The highest BCUT2D eigenvalue weighted by atomic mass is 16.5. The number of ketones is 2. The Balaban J connectivity index is 3.02. The van der Waals surface area contributed by atoms with Crippen LogP contribution < -0.4 is 0 Å². The number of carbonyl (C=O) groups excluding carboxylic acids is 2. The minimum absolute atomic E-state index is 0.00759. The third-order valence-electron chi connectivity index (χ3n) is 1.74. The van der Waals surface area contributed by atoms with Gasteiger partial charge in [-0.3, -0.25) is 9.59 Å². The molecule has 0 aromatic carbocycles. The van der Waals surface area contributed by atoms with E-state index in [2.05, 4.69) is 0 Å². The molecular weight excluding hydrogens is 144 g/mol. The molecule has 60 valence electrons. The van der Waals surface area contributed by atoms with E-state index in [1.54, 1.807) is 0 Å². The molecule has 0 atom stereocenters. The van der Waals surface area contributed by atoms with Crippen LogP contribution in [-0.4, -0.2) is 18.7 Å². The molecule has 0 bridgehead atoms. The molecule has 11 heavy (non-hydrogen) atoms. The van der Waals surface area contributed by atoms with Crippen LogP contribution in [0.5, 0.6) is 0 Å².